The minimum Gasteiger partial charge on any atom is -0.393 e. The summed E-state index contributed by atoms with van der Waals surface area (Å²) in [5.74, 6) is -0.154. The van der Waals surface area contributed by atoms with Gasteiger partial charge in [-0.2, -0.15) is 0 Å². The topological polar surface area (TPSA) is 69.6 Å². The van der Waals surface area contributed by atoms with Crippen LogP contribution in [0.5, 0.6) is 0 Å². The van der Waals surface area contributed by atoms with Crippen molar-refractivity contribution in [3.8, 4) is 0 Å². The maximum Gasteiger partial charge on any atom is 0.224 e. The molecule has 0 bridgehead atoms. The third-order valence-corrected chi connectivity index (χ3v) is 2.02. The van der Waals surface area contributed by atoms with E-state index in [1.807, 2.05) is 0 Å². The molecular formula is C10H20N2O3. The SMILES string of the molecule is CC(=O)NCCC(=O)N(C)CCC(C)O. The first-order valence-electron chi connectivity index (χ1n) is 5.10. The molecule has 0 aliphatic rings. The van der Waals surface area contributed by atoms with Crippen LogP contribution in [0.2, 0.25) is 0 Å². The lowest BCUT2D eigenvalue weighted by Gasteiger charge is -2.17. The minimum atomic E-state index is -0.393. The highest BCUT2D eigenvalue weighted by atomic mass is 16.3. The number of rotatable bonds is 6. The molecule has 1 atom stereocenters. The van der Waals surface area contributed by atoms with E-state index in [2.05, 4.69) is 5.32 Å². The zero-order valence-corrected chi connectivity index (χ0v) is 9.62. The van der Waals surface area contributed by atoms with Gasteiger partial charge in [0.25, 0.3) is 0 Å². The van der Waals surface area contributed by atoms with Crippen molar-refractivity contribution in [2.45, 2.75) is 32.8 Å². The Labute approximate surface area is 90.5 Å². The highest BCUT2D eigenvalue weighted by Gasteiger charge is 2.09. The van der Waals surface area contributed by atoms with E-state index in [-0.39, 0.29) is 11.8 Å². The molecule has 15 heavy (non-hydrogen) atoms. The Morgan fingerprint density at radius 1 is 1.47 bits per heavy atom. The number of nitrogens with zero attached hydrogens (tertiary/aromatic N) is 1. The number of carbonyl (C=O) groups excluding carboxylic acids is 2. The molecule has 0 aromatic carbocycles. The molecule has 0 aliphatic carbocycles. The van der Waals surface area contributed by atoms with Crippen LogP contribution in [0.3, 0.4) is 0 Å². The van der Waals surface area contributed by atoms with Crippen molar-refractivity contribution < 1.29 is 14.7 Å². The molecule has 88 valence electrons. The summed E-state index contributed by atoms with van der Waals surface area (Å²) in [6, 6.07) is 0. The van der Waals surface area contributed by atoms with Crippen molar-refractivity contribution in [3.63, 3.8) is 0 Å². The van der Waals surface area contributed by atoms with Crippen molar-refractivity contribution in [3.05, 3.63) is 0 Å². The molecule has 1 unspecified atom stereocenters. The van der Waals surface area contributed by atoms with Gasteiger partial charge in [-0.1, -0.05) is 0 Å². The van der Waals surface area contributed by atoms with Gasteiger partial charge in [0.05, 0.1) is 6.10 Å². The molecule has 0 radical (unpaired) electrons. The van der Waals surface area contributed by atoms with Gasteiger partial charge in [-0.3, -0.25) is 9.59 Å². The Morgan fingerprint density at radius 3 is 2.53 bits per heavy atom. The average Bonchev–Trinajstić information content (AvgIpc) is 2.13. The van der Waals surface area contributed by atoms with Crippen molar-refractivity contribution in [1.82, 2.24) is 10.2 Å². The highest BCUT2D eigenvalue weighted by molar-refractivity contribution is 5.77. The van der Waals surface area contributed by atoms with Crippen LogP contribution < -0.4 is 5.32 Å². The van der Waals surface area contributed by atoms with E-state index in [0.29, 0.717) is 25.9 Å². The zero-order chi connectivity index (χ0) is 11.8. The lowest BCUT2D eigenvalue weighted by molar-refractivity contribution is -0.130. The van der Waals surface area contributed by atoms with E-state index < -0.39 is 6.10 Å². The largest absolute Gasteiger partial charge is 0.393 e. The third kappa shape index (κ3) is 7.93. The van der Waals surface area contributed by atoms with E-state index in [4.69, 9.17) is 5.11 Å². The van der Waals surface area contributed by atoms with Gasteiger partial charge < -0.3 is 15.3 Å². The van der Waals surface area contributed by atoms with Crippen molar-refractivity contribution >= 4 is 11.8 Å². The Bertz CT molecular complexity index is 217. The second kappa shape index (κ2) is 7.23. The molecule has 2 N–H and O–H groups in total. The second-order valence-corrected chi connectivity index (χ2v) is 3.69. The quantitative estimate of drug-likeness (QED) is 0.643. The summed E-state index contributed by atoms with van der Waals surface area (Å²) < 4.78 is 0. The van der Waals surface area contributed by atoms with Crippen LogP contribution in [0.4, 0.5) is 0 Å². The molecule has 0 rings (SSSR count). The minimum absolute atomic E-state index is 0.0237. The normalized spacial score (nSPS) is 12.0. The lowest BCUT2D eigenvalue weighted by Crippen LogP contribution is -2.32. The number of hydrogen-bond acceptors (Lipinski definition) is 3. The summed E-state index contributed by atoms with van der Waals surface area (Å²) in [6.45, 7) is 4.01. The number of carbonyl (C=O) groups is 2. The molecule has 5 nitrogen and oxygen atoms in total. The first-order chi connectivity index (χ1) is 6.93. The predicted molar refractivity (Wildman–Crippen MR) is 57.2 cm³/mol. The standard InChI is InChI=1S/C10H20N2O3/c1-8(13)5-7-12(3)10(15)4-6-11-9(2)14/h8,13H,4-7H2,1-3H3,(H,11,14). The Kier molecular flexibility index (Phi) is 6.70. The fourth-order valence-corrected chi connectivity index (χ4v) is 1.04. The molecule has 0 aromatic rings. The number of nitrogens with one attached hydrogen (secondary N) is 1. The van der Waals surface area contributed by atoms with Gasteiger partial charge in [-0.25, -0.2) is 0 Å². The molecule has 0 spiro atoms. The van der Waals surface area contributed by atoms with Crippen LogP contribution in [0, 0.1) is 0 Å². The number of hydrogen-bond donors (Lipinski definition) is 2. The molecule has 2 amide bonds. The fourth-order valence-electron chi connectivity index (χ4n) is 1.04. The zero-order valence-electron chi connectivity index (χ0n) is 9.62. The molecule has 0 aliphatic heterocycles. The summed E-state index contributed by atoms with van der Waals surface area (Å²) in [7, 11) is 1.69. The highest BCUT2D eigenvalue weighted by Crippen LogP contribution is 1.95. The Balaban J connectivity index is 3.64. The van der Waals surface area contributed by atoms with E-state index in [0.717, 1.165) is 0 Å². The van der Waals surface area contributed by atoms with Gasteiger partial charge in [0, 0.05) is 33.5 Å². The van der Waals surface area contributed by atoms with Gasteiger partial charge in [0.2, 0.25) is 11.8 Å². The second-order valence-electron chi connectivity index (χ2n) is 3.69. The molecule has 0 fully saturated rings. The van der Waals surface area contributed by atoms with Crippen LogP contribution >= 0.6 is 0 Å². The maximum absolute atomic E-state index is 11.4. The molecule has 0 saturated heterocycles. The van der Waals surface area contributed by atoms with Crippen LogP contribution in [-0.2, 0) is 9.59 Å². The van der Waals surface area contributed by atoms with Crippen molar-refractivity contribution in [1.29, 1.82) is 0 Å². The molecule has 5 heteroatoms. The fraction of sp³-hybridized carbons (Fsp3) is 0.800. The van der Waals surface area contributed by atoms with Gasteiger partial charge >= 0.3 is 0 Å². The van der Waals surface area contributed by atoms with Gasteiger partial charge in [0.1, 0.15) is 0 Å². The smallest absolute Gasteiger partial charge is 0.224 e. The predicted octanol–water partition coefficient (Wildman–Crippen LogP) is -0.258. The van der Waals surface area contributed by atoms with Gasteiger partial charge in [-0.05, 0) is 13.3 Å². The third-order valence-electron chi connectivity index (χ3n) is 2.02. The Morgan fingerprint density at radius 2 is 2.07 bits per heavy atom. The van der Waals surface area contributed by atoms with Crippen LogP contribution in [-0.4, -0.2) is 48.1 Å². The molecular weight excluding hydrogens is 196 g/mol. The van der Waals surface area contributed by atoms with Crippen LogP contribution in [0.25, 0.3) is 0 Å². The van der Waals surface area contributed by atoms with Crippen LogP contribution in [0.15, 0.2) is 0 Å². The molecule has 0 saturated carbocycles. The van der Waals surface area contributed by atoms with E-state index >= 15 is 0 Å². The van der Waals surface area contributed by atoms with Gasteiger partial charge in [0.15, 0.2) is 0 Å². The Hall–Kier alpha value is -1.10. The summed E-state index contributed by atoms with van der Waals surface area (Å²) in [5, 5.41) is 11.6. The van der Waals surface area contributed by atoms with E-state index in [1.54, 1.807) is 18.9 Å². The first-order valence-corrected chi connectivity index (χ1v) is 5.10. The van der Waals surface area contributed by atoms with E-state index in [1.165, 1.54) is 6.92 Å². The van der Waals surface area contributed by atoms with Crippen molar-refractivity contribution in [2.24, 2.45) is 0 Å². The monoisotopic (exact) mass is 216 g/mol. The number of amides is 2. The first kappa shape index (κ1) is 13.9. The number of aliphatic hydroxyl groups excluding tert-OH is 1. The summed E-state index contributed by atoms with van der Waals surface area (Å²) in [4.78, 5) is 23.5. The molecule has 0 heterocycles. The van der Waals surface area contributed by atoms with E-state index in [9.17, 15) is 9.59 Å². The summed E-state index contributed by atoms with van der Waals surface area (Å²) in [5.41, 5.74) is 0. The summed E-state index contributed by atoms with van der Waals surface area (Å²) in [6.07, 6.45) is 0.480. The number of aliphatic hydroxyl groups is 1. The van der Waals surface area contributed by atoms with Crippen molar-refractivity contribution in [2.75, 3.05) is 20.1 Å². The molecule has 0 aromatic heterocycles. The maximum atomic E-state index is 11.4. The lowest BCUT2D eigenvalue weighted by atomic mass is 10.2. The summed E-state index contributed by atoms with van der Waals surface area (Å²) >= 11 is 0. The van der Waals surface area contributed by atoms with Gasteiger partial charge in [-0.15, -0.1) is 0 Å². The van der Waals surface area contributed by atoms with Crippen LogP contribution in [0.1, 0.15) is 26.7 Å². The average molecular weight is 216 g/mol.